The fourth-order valence-corrected chi connectivity index (χ4v) is 1.73. The maximum absolute atomic E-state index is 11.6. The summed E-state index contributed by atoms with van der Waals surface area (Å²) < 4.78 is 1.84. The van der Waals surface area contributed by atoms with Crippen molar-refractivity contribution in [1.29, 1.82) is 0 Å². The summed E-state index contributed by atoms with van der Waals surface area (Å²) in [4.78, 5) is 11.6. The molecule has 2 rings (SSSR count). The second kappa shape index (κ2) is 3.05. The summed E-state index contributed by atoms with van der Waals surface area (Å²) in [5.74, 6) is 0. The summed E-state index contributed by atoms with van der Waals surface area (Å²) in [6.07, 6.45) is 4.20. The normalized spacial score (nSPS) is 16.4. The first-order chi connectivity index (χ1) is 5.83. The van der Waals surface area contributed by atoms with Crippen LogP contribution < -0.4 is 5.56 Å². The van der Waals surface area contributed by atoms with E-state index in [1.165, 1.54) is 0 Å². The molecule has 1 aromatic rings. The van der Waals surface area contributed by atoms with E-state index in [-0.39, 0.29) is 5.56 Å². The Balaban J connectivity index is 2.48. The van der Waals surface area contributed by atoms with Crippen LogP contribution >= 0.6 is 15.9 Å². The fourth-order valence-electron chi connectivity index (χ4n) is 1.30. The van der Waals surface area contributed by atoms with E-state index in [2.05, 4.69) is 15.9 Å². The van der Waals surface area contributed by atoms with Crippen molar-refractivity contribution in [3.63, 3.8) is 0 Å². The second-order valence-corrected chi connectivity index (χ2v) is 3.67. The molecule has 1 fully saturated rings. The number of pyridine rings is 1. The standard InChI is InChI=1S/C9H10BrNO/c10-6-7-2-1-5-11(9(7)12)8-3-4-8/h1-2,5,8H,3-4,6H2. The quantitative estimate of drug-likeness (QED) is 0.710. The Kier molecular flexibility index (Phi) is 2.05. The van der Waals surface area contributed by atoms with Gasteiger partial charge in [0.25, 0.3) is 5.56 Å². The van der Waals surface area contributed by atoms with Crippen molar-refractivity contribution in [2.75, 3.05) is 0 Å². The number of halogens is 1. The SMILES string of the molecule is O=c1c(CBr)cccn1C1CC1. The average molecular weight is 228 g/mol. The number of alkyl halides is 1. The molecule has 0 N–H and O–H groups in total. The van der Waals surface area contributed by atoms with Gasteiger partial charge in [0.15, 0.2) is 0 Å². The summed E-state index contributed by atoms with van der Waals surface area (Å²) in [6, 6.07) is 4.29. The van der Waals surface area contributed by atoms with Gasteiger partial charge in [0.1, 0.15) is 0 Å². The minimum atomic E-state index is 0.164. The van der Waals surface area contributed by atoms with Crippen molar-refractivity contribution in [3.8, 4) is 0 Å². The molecule has 0 unspecified atom stereocenters. The van der Waals surface area contributed by atoms with Crippen molar-refractivity contribution in [2.24, 2.45) is 0 Å². The zero-order valence-electron chi connectivity index (χ0n) is 6.66. The molecule has 1 saturated carbocycles. The predicted molar refractivity (Wildman–Crippen MR) is 51.6 cm³/mol. The number of hydrogen-bond acceptors (Lipinski definition) is 1. The van der Waals surface area contributed by atoms with Crippen molar-refractivity contribution < 1.29 is 0 Å². The van der Waals surface area contributed by atoms with Crippen LogP contribution in [0.3, 0.4) is 0 Å². The third-order valence-electron chi connectivity index (χ3n) is 2.14. The monoisotopic (exact) mass is 227 g/mol. The van der Waals surface area contributed by atoms with Gasteiger partial charge >= 0.3 is 0 Å². The minimum absolute atomic E-state index is 0.164. The summed E-state index contributed by atoms with van der Waals surface area (Å²) in [5, 5.41) is 0.652. The lowest BCUT2D eigenvalue weighted by Crippen LogP contribution is -2.21. The molecular formula is C9H10BrNO. The van der Waals surface area contributed by atoms with Gasteiger partial charge in [-0.1, -0.05) is 22.0 Å². The molecule has 0 atom stereocenters. The van der Waals surface area contributed by atoms with Crippen LogP contribution in [-0.2, 0) is 5.33 Å². The van der Waals surface area contributed by atoms with Crippen LogP contribution in [0.4, 0.5) is 0 Å². The summed E-state index contributed by atoms with van der Waals surface area (Å²) in [5.41, 5.74) is 1.02. The zero-order valence-corrected chi connectivity index (χ0v) is 8.25. The van der Waals surface area contributed by atoms with E-state index in [0.29, 0.717) is 11.4 Å². The van der Waals surface area contributed by atoms with Gasteiger partial charge in [-0.3, -0.25) is 4.79 Å². The molecule has 0 radical (unpaired) electrons. The van der Waals surface area contributed by atoms with Gasteiger partial charge in [0.05, 0.1) is 0 Å². The van der Waals surface area contributed by atoms with E-state index < -0.39 is 0 Å². The van der Waals surface area contributed by atoms with Crippen molar-refractivity contribution in [2.45, 2.75) is 24.2 Å². The molecule has 3 heteroatoms. The lowest BCUT2D eigenvalue weighted by atomic mass is 10.3. The molecule has 0 aromatic carbocycles. The van der Waals surface area contributed by atoms with E-state index in [1.54, 1.807) is 0 Å². The van der Waals surface area contributed by atoms with Crippen LogP contribution in [-0.4, -0.2) is 4.57 Å². The Morgan fingerprint density at radius 2 is 2.33 bits per heavy atom. The van der Waals surface area contributed by atoms with Crippen LogP contribution in [0.15, 0.2) is 23.1 Å². The predicted octanol–water partition coefficient (Wildman–Crippen LogP) is 2.08. The molecule has 12 heavy (non-hydrogen) atoms. The van der Waals surface area contributed by atoms with E-state index >= 15 is 0 Å². The third-order valence-corrected chi connectivity index (χ3v) is 2.74. The van der Waals surface area contributed by atoms with Gasteiger partial charge in [0, 0.05) is 23.1 Å². The van der Waals surface area contributed by atoms with E-state index in [1.807, 2.05) is 22.9 Å². The lowest BCUT2D eigenvalue weighted by Gasteiger charge is -2.03. The average Bonchev–Trinajstić information content (AvgIpc) is 2.88. The molecule has 0 spiro atoms. The highest BCUT2D eigenvalue weighted by molar-refractivity contribution is 9.08. The van der Waals surface area contributed by atoms with Gasteiger partial charge in [-0.2, -0.15) is 0 Å². The maximum atomic E-state index is 11.6. The number of aromatic nitrogens is 1. The largest absolute Gasteiger partial charge is 0.312 e. The first-order valence-corrected chi connectivity index (χ1v) is 5.21. The highest BCUT2D eigenvalue weighted by Crippen LogP contribution is 2.33. The van der Waals surface area contributed by atoms with Gasteiger partial charge in [0.2, 0.25) is 0 Å². The van der Waals surface area contributed by atoms with Crippen molar-refractivity contribution in [1.82, 2.24) is 4.57 Å². The molecule has 1 heterocycles. The first kappa shape index (κ1) is 8.05. The molecule has 1 aliphatic carbocycles. The van der Waals surface area contributed by atoms with E-state index in [9.17, 15) is 4.79 Å². The molecule has 1 aliphatic rings. The number of rotatable bonds is 2. The van der Waals surface area contributed by atoms with Crippen LogP contribution in [0, 0.1) is 0 Å². The molecule has 0 bridgehead atoms. The molecule has 0 aliphatic heterocycles. The van der Waals surface area contributed by atoms with Gasteiger partial charge in [-0.25, -0.2) is 0 Å². The van der Waals surface area contributed by atoms with Crippen molar-refractivity contribution >= 4 is 15.9 Å². The zero-order chi connectivity index (χ0) is 8.55. The van der Waals surface area contributed by atoms with Crippen molar-refractivity contribution in [3.05, 3.63) is 34.2 Å². The molecule has 1 aromatic heterocycles. The maximum Gasteiger partial charge on any atom is 0.254 e. The van der Waals surface area contributed by atoms with Crippen LogP contribution in [0.5, 0.6) is 0 Å². The Labute approximate surface area is 79.3 Å². The Morgan fingerprint density at radius 1 is 1.58 bits per heavy atom. The lowest BCUT2D eigenvalue weighted by molar-refractivity contribution is 0.701. The van der Waals surface area contributed by atoms with Gasteiger partial charge in [-0.15, -0.1) is 0 Å². The van der Waals surface area contributed by atoms with E-state index in [0.717, 1.165) is 18.4 Å². The topological polar surface area (TPSA) is 22.0 Å². The van der Waals surface area contributed by atoms with Gasteiger partial charge in [-0.05, 0) is 18.9 Å². The van der Waals surface area contributed by atoms with Gasteiger partial charge < -0.3 is 4.57 Å². The highest BCUT2D eigenvalue weighted by Gasteiger charge is 2.24. The van der Waals surface area contributed by atoms with E-state index in [4.69, 9.17) is 0 Å². The Hall–Kier alpha value is -0.570. The fraction of sp³-hybridized carbons (Fsp3) is 0.444. The first-order valence-electron chi connectivity index (χ1n) is 4.09. The summed E-state index contributed by atoms with van der Waals surface area (Å²) in [7, 11) is 0. The summed E-state index contributed by atoms with van der Waals surface area (Å²) in [6.45, 7) is 0. The molecular weight excluding hydrogens is 218 g/mol. The summed E-state index contributed by atoms with van der Waals surface area (Å²) >= 11 is 3.30. The van der Waals surface area contributed by atoms with Crippen LogP contribution in [0.1, 0.15) is 24.4 Å². The smallest absolute Gasteiger partial charge is 0.254 e. The molecule has 64 valence electrons. The second-order valence-electron chi connectivity index (χ2n) is 3.11. The minimum Gasteiger partial charge on any atom is -0.312 e. The molecule has 2 nitrogen and oxygen atoms in total. The third kappa shape index (κ3) is 1.33. The van der Waals surface area contributed by atoms with Crippen LogP contribution in [0.2, 0.25) is 0 Å². The molecule has 0 saturated heterocycles. The highest BCUT2D eigenvalue weighted by atomic mass is 79.9. The number of nitrogens with zero attached hydrogens (tertiary/aromatic N) is 1. The van der Waals surface area contributed by atoms with Crippen LogP contribution in [0.25, 0.3) is 0 Å². The number of hydrogen-bond donors (Lipinski definition) is 0. The Bertz CT molecular complexity index is 341. The molecule has 0 amide bonds. The Morgan fingerprint density at radius 3 is 2.92 bits per heavy atom.